The second-order valence-corrected chi connectivity index (χ2v) is 8.26. The summed E-state index contributed by atoms with van der Waals surface area (Å²) in [6, 6.07) is 10.2. The minimum Gasteiger partial charge on any atom is -0.355 e. The molecule has 1 aromatic heterocycles. The molecule has 148 valence electrons. The summed E-state index contributed by atoms with van der Waals surface area (Å²) in [5.74, 6) is 0.197. The molecule has 2 fully saturated rings. The predicted octanol–water partition coefficient (Wildman–Crippen LogP) is 2.24. The molecule has 0 saturated carbocycles. The number of hydrogen-bond donors (Lipinski definition) is 1. The normalized spacial score (nSPS) is 19.9. The molecule has 2 aromatic rings. The number of carbonyl (C=O) groups is 2. The molecule has 0 bridgehead atoms. The van der Waals surface area contributed by atoms with E-state index >= 15 is 0 Å². The van der Waals surface area contributed by atoms with Gasteiger partial charge in [-0.2, -0.15) is 0 Å². The largest absolute Gasteiger partial charge is 0.355 e. The quantitative estimate of drug-likeness (QED) is 0.806. The van der Waals surface area contributed by atoms with Gasteiger partial charge in [-0.15, -0.1) is 10.2 Å². The van der Waals surface area contributed by atoms with Crippen molar-refractivity contribution in [2.24, 2.45) is 5.92 Å². The Morgan fingerprint density at radius 3 is 2.75 bits per heavy atom. The maximum atomic E-state index is 12.6. The minimum atomic E-state index is -0.0368. The molecule has 1 atom stereocenters. The van der Waals surface area contributed by atoms with Crippen LogP contribution in [-0.2, 0) is 16.0 Å². The van der Waals surface area contributed by atoms with Gasteiger partial charge in [0.25, 0.3) is 0 Å². The Hall–Kier alpha value is -2.48. The molecule has 2 aliphatic heterocycles. The van der Waals surface area contributed by atoms with E-state index in [0.717, 1.165) is 43.9 Å². The molecule has 0 spiro atoms. The van der Waals surface area contributed by atoms with Crippen molar-refractivity contribution >= 4 is 33.4 Å². The van der Waals surface area contributed by atoms with Gasteiger partial charge < -0.3 is 10.2 Å². The van der Waals surface area contributed by atoms with Crippen molar-refractivity contribution in [3.05, 3.63) is 35.9 Å². The van der Waals surface area contributed by atoms with E-state index in [1.807, 2.05) is 18.2 Å². The number of hydrogen-bond acceptors (Lipinski definition) is 6. The van der Waals surface area contributed by atoms with E-state index < -0.39 is 0 Å². The minimum absolute atomic E-state index is 0.0368. The highest BCUT2D eigenvalue weighted by Crippen LogP contribution is 2.32. The van der Waals surface area contributed by atoms with Gasteiger partial charge in [0, 0.05) is 32.6 Å². The highest BCUT2D eigenvalue weighted by molar-refractivity contribution is 7.19. The van der Waals surface area contributed by atoms with Gasteiger partial charge in [-0.05, 0) is 31.2 Å². The van der Waals surface area contributed by atoms with Gasteiger partial charge in [0.15, 0.2) is 0 Å². The Morgan fingerprint density at radius 1 is 1.14 bits per heavy atom. The highest BCUT2D eigenvalue weighted by atomic mass is 32.1. The number of carbonyl (C=O) groups excluding carboxylic acids is 2. The summed E-state index contributed by atoms with van der Waals surface area (Å²) in [6.45, 7) is 2.90. The lowest BCUT2D eigenvalue weighted by Crippen LogP contribution is -2.43. The lowest BCUT2D eigenvalue weighted by Gasteiger charge is -2.31. The van der Waals surface area contributed by atoms with E-state index in [2.05, 4.69) is 32.5 Å². The fourth-order valence-corrected chi connectivity index (χ4v) is 4.70. The van der Waals surface area contributed by atoms with Crippen LogP contribution in [0.1, 0.15) is 31.2 Å². The smallest absolute Gasteiger partial charge is 0.228 e. The van der Waals surface area contributed by atoms with Gasteiger partial charge in [-0.1, -0.05) is 41.7 Å². The van der Waals surface area contributed by atoms with Crippen LogP contribution in [0.3, 0.4) is 0 Å². The molecule has 2 amide bonds. The van der Waals surface area contributed by atoms with Crippen LogP contribution >= 0.6 is 11.3 Å². The summed E-state index contributed by atoms with van der Waals surface area (Å²) >= 11 is 1.45. The number of nitrogens with one attached hydrogen (secondary N) is 1. The van der Waals surface area contributed by atoms with E-state index in [1.54, 1.807) is 4.90 Å². The Bertz CT molecular complexity index is 825. The van der Waals surface area contributed by atoms with Crippen molar-refractivity contribution in [1.82, 2.24) is 15.5 Å². The molecule has 28 heavy (non-hydrogen) atoms. The average Bonchev–Trinajstić information content (AvgIpc) is 3.38. The lowest BCUT2D eigenvalue weighted by atomic mass is 9.97. The molecule has 0 unspecified atom stereocenters. The summed E-state index contributed by atoms with van der Waals surface area (Å²) < 4.78 is 0. The first-order chi connectivity index (χ1) is 13.7. The van der Waals surface area contributed by atoms with Gasteiger partial charge in [-0.3, -0.25) is 14.5 Å². The second-order valence-electron chi connectivity index (χ2n) is 7.33. The Kier molecular flexibility index (Phi) is 5.85. The number of aromatic nitrogens is 2. The zero-order valence-corrected chi connectivity index (χ0v) is 16.7. The lowest BCUT2D eigenvalue weighted by molar-refractivity contribution is -0.125. The molecular formula is C20H25N5O2S. The molecule has 1 aromatic carbocycles. The summed E-state index contributed by atoms with van der Waals surface area (Å²) in [5, 5.41) is 13.0. The fourth-order valence-electron chi connectivity index (χ4n) is 3.78. The van der Waals surface area contributed by atoms with E-state index in [4.69, 9.17) is 0 Å². The van der Waals surface area contributed by atoms with Crippen LogP contribution in [0.15, 0.2) is 30.3 Å². The number of nitrogens with zero attached hydrogens (tertiary/aromatic N) is 4. The summed E-state index contributed by atoms with van der Waals surface area (Å²) in [4.78, 5) is 28.4. The summed E-state index contributed by atoms with van der Waals surface area (Å²) in [6.07, 6.45) is 4.15. The SMILES string of the molecule is O=C(NCCc1ccccc1)[C@H]1CCCN(c2nnc(N3CCCC3=O)s2)C1. The van der Waals surface area contributed by atoms with Crippen molar-refractivity contribution in [1.29, 1.82) is 0 Å². The average molecular weight is 400 g/mol. The van der Waals surface area contributed by atoms with Crippen molar-refractivity contribution in [2.75, 3.05) is 36.0 Å². The Morgan fingerprint density at radius 2 is 1.96 bits per heavy atom. The Labute approximate surface area is 168 Å². The maximum absolute atomic E-state index is 12.6. The third-order valence-electron chi connectivity index (χ3n) is 5.33. The molecule has 3 heterocycles. The van der Waals surface area contributed by atoms with Crippen molar-refractivity contribution < 1.29 is 9.59 Å². The van der Waals surface area contributed by atoms with Crippen molar-refractivity contribution in [2.45, 2.75) is 32.1 Å². The molecule has 4 rings (SSSR count). The molecule has 1 N–H and O–H groups in total. The van der Waals surface area contributed by atoms with E-state index in [9.17, 15) is 9.59 Å². The molecule has 2 aliphatic rings. The van der Waals surface area contributed by atoms with Gasteiger partial charge >= 0.3 is 0 Å². The van der Waals surface area contributed by atoms with Crippen LogP contribution in [0.5, 0.6) is 0 Å². The highest BCUT2D eigenvalue weighted by Gasteiger charge is 2.29. The summed E-state index contributed by atoms with van der Waals surface area (Å²) in [7, 11) is 0. The number of rotatable bonds is 6. The number of amides is 2. The predicted molar refractivity (Wildman–Crippen MR) is 110 cm³/mol. The van der Waals surface area contributed by atoms with Gasteiger partial charge in [0.2, 0.25) is 22.1 Å². The zero-order valence-electron chi connectivity index (χ0n) is 15.8. The van der Waals surface area contributed by atoms with Crippen LogP contribution in [0.25, 0.3) is 0 Å². The van der Waals surface area contributed by atoms with E-state index in [-0.39, 0.29) is 17.7 Å². The van der Waals surface area contributed by atoms with Crippen LogP contribution < -0.4 is 15.1 Å². The standard InChI is InChI=1S/C20H25N5O2S/c26-17-9-5-13-25(17)20-23-22-19(28-20)24-12-4-8-16(14-24)18(27)21-11-10-15-6-2-1-3-7-15/h1-3,6-7,16H,4-5,8-14H2,(H,21,27)/t16-/m0/s1. The van der Waals surface area contributed by atoms with Crippen molar-refractivity contribution in [3.8, 4) is 0 Å². The first-order valence-corrected chi connectivity index (χ1v) is 10.7. The maximum Gasteiger partial charge on any atom is 0.228 e. The molecule has 2 saturated heterocycles. The number of benzene rings is 1. The fraction of sp³-hybridized carbons (Fsp3) is 0.500. The monoisotopic (exact) mass is 399 g/mol. The first kappa shape index (κ1) is 18.9. The van der Waals surface area contributed by atoms with Gasteiger partial charge in [0.1, 0.15) is 0 Å². The van der Waals surface area contributed by atoms with Gasteiger partial charge in [0.05, 0.1) is 5.92 Å². The number of anilines is 2. The molecule has 7 nitrogen and oxygen atoms in total. The van der Waals surface area contributed by atoms with Crippen LogP contribution in [0, 0.1) is 5.92 Å². The molecular weight excluding hydrogens is 374 g/mol. The molecule has 0 radical (unpaired) electrons. The third kappa shape index (κ3) is 4.32. The first-order valence-electron chi connectivity index (χ1n) is 9.91. The van der Waals surface area contributed by atoms with Crippen LogP contribution in [0.4, 0.5) is 10.3 Å². The van der Waals surface area contributed by atoms with Crippen LogP contribution in [-0.4, -0.2) is 48.2 Å². The molecule has 8 heteroatoms. The van der Waals surface area contributed by atoms with Gasteiger partial charge in [-0.25, -0.2) is 0 Å². The Balaban J connectivity index is 1.31. The second kappa shape index (κ2) is 8.68. The molecule has 0 aliphatic carbocycles. The van der Waals surface area contributed by atoms with E-state index in [1.165, 1.54) is 16.9 Å². The number of piperidine rings is 1. The topological polar surface area (TPSA) is 78.4 Å². The summed E-state index contributed by atoms with van der Waals surface area (Å²) in [5.41, 5.74) is 1.23. The third-order valence-corrected chi connectivity index (χ3v) is 6.33. The van der Waals surface area contributed by atoms with E-state index in [0.29, 0.717) is 24.6 Å². The van der Waals surface area contributed by atoms with Crippen molar-refractivity contribution in [3.63, 3.8) is 0 Å². The van der Waals surface area contributed by atoms with Crippen LogP contribution in [0.2, 0.25) is 0 Å². The zero-order chi connectivity index (χ0) is 19.3.